The molecule has 0 saturated carbocycles. The van der Waals surface area contributed by atoms with Gasteiger partial charge in [-0.15, -0.1) is 0 Å². The molecule has 0 aliphatic carbocycles. The molecular weight excluding hydrogens is 323 g/mol. The summed E-state index contributed by atoms with van der Waals surface area (Å²) in [6.07, 6.45) is 4.93. The van der Waals surface area contributed by atoms with Crippen LogP contribution in [0.4, 0.5) is 10.2 Å². The number of nitrogens with one attached hydrogen (secondary N) is 1. The molecule has 0 aliphatic heterocycles. The molecule has 8 heteroatoms. The SMILES string of the molecule is Cc1noc2ncnc(NC(c3cccc(F)c3)c3nccn3C)c12. The Balaban J connectivity index is 1.84. The van der Waals surface area contributed by atoms with Crippen LogP contribution in [0.2, 0.25) is 0 Å². The van der Waals surface area contributed by atoms with E-state index in [1.807, 2.05) is 30.8 Å². The van der Waals surface area contributed by atoms with Gasteiger partial charge in [-0.2, -0.15) is 4.98 Å². The third kappa shape index (κ3) is 2.71. The van der Waals surface area contributed by atoms with E-state index in [2.05, 4.69) is 25.4 Å². The van der Waals surface area contributed by atoms with Gasteiger partial charge in [-0.05, 0) is 24.6 Å². The third-order valence-electron chi connectivity index (χ3n) is 4.02. The molecule has 0 spiro atoms. The number of rotatable bonds is 4. The van der Waals surface area contributed by atoms with Crippen molar-refractivity contribution in [2.45, 2.75) is 13.0 Å². The Morgan fingerprint density at radius 3 is 2.88 bits per heavy atom. The lowest BCUT2D eigenvalue weighted by molar-refractivity contribution is 0.442. The molecule has 0 bridgehead atoms. The molecule has 3 heterocycles. The lowest BCUT2D eigenvalue weighted by atomic mass is 10.1. The van der Waals surface area contributed by atoms with Crippen LogP contribution in [-0.4, -0.2) is 24.7 Å². The first-order chi connectivity index (χ1) is 12.1. The summed E-state index contributed by atoms with van der Waals surface area (Å²) in [5.41, 5.74) is 1.80. The smallest absolute Gasteiger partial charge is 0.263 e. The van der Waals surface area contributed by atoms with E-state index in [0.717, 1.165) is 11.4 Å². The molecule has 7 nitrogen and oxygen atoms in total. The normalized spacial score (nSPS) is 12.4. The summed E-state index contributed by atoms with van der Waals surface area (Å²) in [7, 11) is 1.89. The van der Waals surface area contributed by atoms with Crippen molar-refractivity contribution in [2.75, 3.05) is 5.32 Å². The number of fused-ring (bicyclic) bond motifs is 1. The summed E-state index contributed by atoms with van der Waals surface area (Å²) in [5, 5.41) is 7.96. The maximum atomic E-state index is 13.8. The zero-order valence-corrected chi connectivity index (χ0v) is 13.6. The standard InChI is InChI=1S/C17H15FN6O/c1-10-13-15(20-9-21-17(13)25-23-10)22-14(16-19-6-7-24(16)2)11-4-3-5-12(18)8-11/h3-9,14H,1-2H3,(H,20,21,22). The zero-order valence-electron chi connectivity index (χ0n) is 13.6. The Kier molecular flexibility index (Phi) is 3.64. The molecule has 0 fully saturated rings. The maximum Gasteiger partial charge on any atom is 0.263 e. The second-order valence-corrected chi connectivity index (χ2v) is 5.70. The molecule has 1 unspecified atom stereocenters. The number of aromatic nitrogens is 5. The van der Waals surface area contributed by atoms with E-state index >= 15 is 0 Å². The van der Waals surface area contributed by atoms with Crippen molar-refractivity contribution >= 4 is 16.9 Å². The predicted molar refractivity (Wildman–Crippen MR) is 89.4 cm³/mol. The topological polar surface area (TPSA) is 81.7 Å². The number of aryl methyl sites for hydroxylation is 2. The summed E-state index contributed by atoms with van der Waals surface area (Å²) >= 11 is 0. The lowest BCUT2D eigenvalue weighted by Gasteiger charge is -2.20. The number of halogens is 1. The highest BCUT2D eigenvalue weighted by atomic mass is 19.1. The van der Waals surface area contributed by atoms with E-state index in [4.69, 9.17) is 4.52 Å². The molecule has 126 valence electrons. The molecule has 1 aromatic carbocycles. The number of nitrogens with zero attached hydrogens (tertiary/aromatic N) is 5. The van der Waals surface area contributed by atoms with Gasteiger partial charge in [0.25, 0.3) is 5.71 Å². The fourth-order valence-electron chi connectivity index (χ4n) is 2.81. The first-order valence-electron chi connectivity index (χ1n) is 7.69. The van der Waals surface area contributed by atoms with Gasteiger partial charge in [0.1, 0.15) is 35.2 Å². The minimum Gasteiger partial charge on any atom is -0.355 e. The van der Waals surface area contributed by atoms with Gasteiger partial charge in [-0.3, -0.25) is 0 Å². The Labute approximate surface area is 142 Å². The van der Waals surface area contributed by atoms with Crippen molar-refractivity contribution in [1.29, 1.82) is 0 Å². The van der Waals surface area contributed by atoms with Gasteiger partial charge in [0.2, 0.25) is 0 Å². The van der Waals surface area contributed by atoms with Crippen LogP contribution < -0.4 is 5.32 Å². The molecule has 0 amide bonds. The van der Waals surface area contributed by atoms with Crippen molar-refractivity contribution in [3.8, 4) is 0 Å². The van der Waals surface area contributed by atoms with E-state index in [9.17, 15) is 4.39 Å². The summed E-state index contributed by atoms with van der Waals surface area (Å²) in [6, 6.07) is 6.00. The van der Waals surface area contributed by atoms with E-state index in [1.54, 1.807) is 12.3 Å². The van der Waals surface area contributed by atoms with Crippen LogP contribution in [-0.2, 0) is 7.05 Å². The van der Waals surface area contributed by atoms with Crippen LogP contribution in [0.1, 0.15) is 23.1 Å². The van der Waals surface area contributed by atoms with Crippen LogP contribution >= 0.6 is 0 Å². The Bertz CT molecular complexity index is 1040. The van der Waals surface area contributed by atoms with Gasteiger partial charge in [-0.25, -0.2) is 14.4 Å². The second-order valence-electron chi connectivity index (χ2n) is 5.70. The highest BCUT2D eigenvalue weighted by Gasteiger charge is 2.22. The third-order valence-corrected chi connectivity index (χ3v) is 4.02. The first kappa shape index (κ1) is 15.3. The van der Waals surface area contributed by atoms with E-state index in [1.165, 1.54) is 18.5 Å². The Hall–Kier alpha value is -3.29. The molecule has 3 aromatic heterocycles. The molecule has 0 saturated heterocycles. The minimum absolute atomic E-state index is 0.312. The maximum absolute atomic E-state index is 13.8. The molecule has 4 aromatic rings. The van der Waals surface area contributed by atoms with Crippen molar-refractivity contribution in [3.63, 3.8) is 0 Å². The largest absolute Gasteiger partial charge is 0.355 e. The van der Waals surface area contributed by atoms with Crippen LogP contribution in [0.25, 0.3) is 11.1 Å². The average molecular weight is 338 g/mol. The van der Waals surface area contributed by atoms with E-state index in [0.29, 0.717) is 22.6 Å². The van der Waals surface area contributed by atoms with E-state index in [-0.39, 0.29) is 5.82 Å². The molecular formula is C17H15FN6O. The second kappa shape index (κ2) is 5.97. The van der Waals surface area contributed by atoms with Gasteiger partial charge in [0.05, 0.1) is 5.69 Å². The van der Waals surface area contributed by atoms with Gasteiger partial charge in [-0.1, -0.05) is 17.3 Å². The first-order valence-corrected chi connectivity index (χ1v) is 7.69. The van der Waals surface area contributed by atoms with Crippen LogP contribution in [0, 0.1) is 12.7 Å². The molecule has 0 aliphatic rings. The average Bonchev–Trinajstić information content (AvgIpc) is 3.19. The van der Waals surface area contributed by atoms with Crippen LogP contribution in [0.3, 0.4) is 0 Å². The highest BCUT2D eigenvalue weighted by Crippen LogP contribution is 2.29. The Morgan fingerprint density at radius 2 is 2.12 bits per heavy atom. The van der Waals surface area contributed by atoms with Gasteiger partial charge >= 0.3 is 0 Å². The van der Waals surface area contributed by atoms with Gasteiger partial charge < -0.3 is 14.4 Å². The van der Waals surface area contributed by atoms with Crippen molar-refractivity contribution in [1.82, 2.24) is 24.7 Å². The number of imidazole rings is 1. The van der Waals surface area contributed by atoms with Crippen LogP contribution in [0.5, 0.6) is 0 Å². The summed E-state index contributed by atoms with van der Waals surface area (Å²) in [6.45, 7) is 1.82. The molecule has 4 rings (SSSR count). The highest BCUT2D eigenvalue weighted by molar-refractivity contribution is 5.87. The van der Waals surface area contributed by atoms with Gasteiger partial charge in [0, 0.05) is 19.4 Å². The Morgan fingerprint density at radius 1 is 1.24 bits per heavy atom. The zero-order chi connectivity index (χ0) is 17.4. The summed E-state index contributed by atoms with van der Waals surface area (Å²) in [5.74, 6) is 0.972. The summed E-state index contributed by atoms with van der Waals surface area (Å²) < 4.78 is 20.8. The number of hydrogen-bond donors (Lipinski definition) is 1. The monoisotopic (exact) mass is 338 g/mol. The number of anilines is 1. The molecule has 25 heavy (non-hydrogen) atoms. The van der Waals surface area contributed by atoms with Crippen molar-refractivity contribution in [2.24, 2.45) is 7.05 Å². The van der Waals surface area contributed by atoms with Gasteiger partial charge in [0.15, 0.2) is 0 Å². The molecule has 0 radical (unpaired) electrons. The van der Waals surface area contributed by atoms with Crippen molar-refractivity contribution in [3.05, 3.63) is 65.9 Å². The van der Waals surface area contributed by atoms with Crippen LogP contribution in [0.15, 0.2) is 47.5 Å². The fourth-order valence-corrected chi connectivity index (χ4v) is 2.81. The summed E-state index contributed by atoms with van der Waals surface area (Å²) in [4.78, 5) is 12.8. The number of benzene rings is 1. The predicted octanol–water partition coefficient (Wildman–Crippen LogP) is 3.00. The van der Waals surface area contributed by atoms with E-state index < -0.39 is 6.04 Å². The molecule has 1 atom stereocenters. The fraction of sp³-hybridized carbons (Fsp3) is 0.176. The molecule has 1 N–H and O–H groups in total. The van der Waals surface area contributed by atoms with Crippen molar-refractivity contribution < 1.29 is 8.91 Å². The minimum atomic E-state index is -0.400. The lowest BCUT2D eigenvalue weighted by Crippen LogP contribution is -2.18. The number of hydrogen-bond acceptors (Lipinski definition) is 6. The quantitative estimate of drug-likeness (QED) is 0.616.